The molecule has 0 aromatic rings. The molecule has 1 saturated carbocycles. The first-order chi connectivity index (χ1) is 9.67. The van der Waals surface area contributed by atoms with Crippen LogP contribution in [0.4, 0.5) is 0 Å². The molecule has 4 heteroatoms. The van der Waals surface area contributed by atoms with Crippen LogP contribution in [-0.2, 0) is 4.79 Å². The van der Waals surface area contributed by atoms with Crippen molar-refractivity contribution in [3.63, 3.8) is 0 Å². The van der Waals surface area contributed by atoms with Crippen LogP contribution in [0.2, 0.25) is 0 Å². The van der Waals surface area contributed by atoms with E-state index in [0.717, 1.165) is 19.4 Å². The van der Waals surface area contributed by atoms with Crippen molar-refractivity contribution in [1.29, 1.82) is 0 Å². The largest absolute Gasteiger partial charge is 0.324 e. The Morgan fingerprint density at radius 2 is 2.10 bits per heavy atom. The van der Waals surface area contributed by atoms with Gasteiger partial charge in [-0.05, 0) is 31.4 Å². The average molecular weight is 298 g/mol. The van der Waals surface area contributed by atoms with Gasteiger partial charge in [0.15, 0.2) is 0 Å². The summed E-state index contributed by atoms with van der Waals surface area (Å²) < 4.78 is 0. The number of hydrogen-bond donors (Lipinski definition) is 1. The highest BCUT2D eigenvalue weighted by Gasteiger charge is 2.42. The van der Waals surface area contributed by atoms with Gasteiger partial charge in [-0.2, -0.15) is 11.8 Å². The van der Waals surface area contributed by atoms with Crippen molar-refractivity contribution in [2.75, 3.05) is 12.8 Å². The SMILES string of the molecule is CCCCC1NC(C2CCCC2)N(CC(C)SC)C1=O. The zero-order valence-electron chi connectivity index (χ0n) is 13.2. The third-order valence-electron chi connectivity index (χ3n) is 4.84. The summed E-state index contributed by atoms with van der Waals surface area (Å²) in [7, 11) is 0. The first-order valence-electron chi connectivity index (χ1n) is 8.26. The highest BCUT2D eigenvalue weighted by molar-refractivity contribution is 7.99. The number of nitrogens with one attached hydrogen (secondary N) is 1. The van der Waals surface area contributed by atoms with Gasteiger partial charge in [-0.15, -0.1) is 0 Å². The number of nitrogens with zero attached hydrogens (tertiary/aromatic N) is 1. The van der Waals surface area contributed by atoms with Crippen molar-refractivity contribution in [1.82, 2.24) is 10.2 Å². The van der Waals surface area contributed by atoms with E-state index < -0.39 is 0 Å². The number of hydrogen-bond acceptors (Lipinski definition) is 3. The van der Waals surface area contributed by atoms with Gasteiger partial charge in [-0.1, -0.05) is 39.5 Å². The predicted octanol–water partition coefficient (Wildman–Crippen LogP) is 3.24. The Morgan fingerprint density at radius 1 is 1.40 bits per heavy atom. The van der Waals surface area contributed by atoms with Crippen LogP contribution in [0.15, 0.2) is 0 Å². The van der Waals surface area contributed by atoms with E-state index in [2.05, 4.69) is 30.3 Å². The molecule has 3 nitrogen and oxygen atoms in total. The molecule has 1 heterocycles. The normalized spacial score (nSPS) is 29.4. The molecule has 0 radical (unpaired) electrons. The Kier molecular flexibility index (Phi) is 6.21. The van der Waals surface area contributed by atoms with E-state index in [0.29, 0.717) is 23.2 Å². The lowest BCUT2D eigenvalue weighted by Gasteiger charge is -2.30. The lowest BCUT2D eigenvalue weighted by atomic mass is 10.0. The topological polar surface area (TPSA) is 32.3 Å². The van der Waals surface area contributed by atoms with Crippen LogP contribution in [-0.4, -0.2) is 41.1 Å². The molecule has 0 spiro atoms. The summed E-state index contributed by atoms with van der Waals surface area (Å²) in [6.07, 6.45) is 11.0. The Labute approximate surface area is 128 Å². The molecule has 2 fully saturated rings. The second kappa shape index (κ2) is 7.69. The Bertz CT molecular complexity index is 318. The predicted molar refractivity (Wildman–Crippen MR) is 86.9 cm³/mol. The Morgan fingerprint density at radius 3 is 2.70 bits per heavy atom. The fourth-order valence-electron chi connectivity index (χ4n) is 3.54. The number of carbonyl (C=O) groups excluding carboxylic acids is 1. The quantitative estimate of drug-likeness (QED) is 0.783. The highest BCUT2D eigenvalue weighted by Crippen LogP contribution is 2.33. The molecular formula is C16H30N2OS. The van der Waals surface area contributed by atoms with Crippen LogP contribution in [0.3, 0.4) is 0 Å². The van der Waals surface area contributed by atoms with E-state index in [1.807, 2.05) is 11.8 Å². The molecule has 0 aromatic heterocycles. The molecule has 1 amide bonds. The van der Waals surface area contributed by atoms with Crippen molar-refractivity contribution in [2.24, 2.45) is 5.92 Å². The van der Waals surface area contributed by atoms with Crippen molar-refractivity contribution >= 4 is 17.7 Å². The smallest absolute Gasteiger partial charge is 0.241 e. The molecule has 0 bridgehead atoms. The van der Waals surface area contributed by atoms with Crippen molar-refractivity contribution < 1.29 is 4.79 Å². The zero-order valence-corrected chi connectivity index (χ0v) is 14.0. The average Bonchev–Trinajstić information content (AvgIpc) is 3.07. The molecule has 1 aliphatic heterocycles. The minimum Gasteiger partial charge on any atom is -0.324 e. The van der Waals surface area contributed by atoms with Gasteiger partial charge in [0.05, 0.1) is 12.2 Å². The van der Waals surface area contributed by atoms with Crippen molar-refractivity contribution in [3.05, 3.63) is 0 Å². The van der Waals surface area contributed by atoms with Gasteiger partial charge in [0.25, 0.3) is 0 Å². The minimum absolute atomic E-state index is 0.0783. The summed E-state index contributed by atoms with van der Waals surface area (Å²) >= 11 is 1.86. The monoisotopic (exact) mass is 298 g/mol. The fourth-order valence-corrected chi connectivity index (χ4v) is 3.85. The third kappa shape index (κ3) is 3.70. The molecule has 1 N–H and O–H groups in total. The molecule has 1 saturated heterocycles. The number of unbranched alkanes of at least 4 members (excludes halogenated alkanes) is 1. The van der Waals surface area contributed by atoms with E-state index in [9.17, 15) is 4.79 Å². The highest BCUT2D eigenvalue weighted by atomic mass is 32.2. The third-order valence-corrected chi connectivity index (χ3v) is 5.79. The first-order valence-corrected chi connectivity index (χ1v) is 9.55. The summed E-state index contributed by atoms with van der Waals surface area (Å²) in [4.78, 5) is 14.8. The maximum atomic E-state index is 12.7. The second-order valence-corrected chi connectivity index (χ2v) is 7.66. The molecule has 2 rings (SSSR count). The van der Waals surface area contributed by atoms with Gasteiger partial charge in [0.2, 0.25) is 5.91 Å². The fraction of sp³-hybridized carbons (Fsp3) is 0.938. The number of carbonyl (C=O) groups is 1. The minimum atomic E-state index is 0.0783. The number of rotatable bonds is 7. The zero-order chi connectivity index (χ0) is 14.5. The summed E-state index contributed by atoms with van der Waals surface area (Å²) in [5.41, 5.74) is 0. The molecule has 20 heavy (non-hydrogen) atoms. The lowest BCUT2D eigenvalue weighted by Crippen LogP contribution is -2.44. The Balaban J connectivity index is 2.03. The van der Waals surface area contributed by atoms with Crippen LogP contribution in [0.5, 0.6) is 0 Å². The van der Waals surface area contributed by atoms with E-state index in [1.165, 1.54) is 32.1 Å². The summed E-state index contributed by atoms with van der Waals surface area (Å²) in [5.74, 6) is 1.04. The van der Waals surface area contributed by atoms with Crippen LogP contribution < -0.4 is 5.32 Å². The lowest BCUT2D eigenvalue weighted by molar-refractivity contribution is -0.130. The Hall–Kier alpha value is -0.220. The molecule has 3 unspecified atom stereocenters. The van der Waals surface area contributed by atoms with Crippen LogP contribution in [0.1, 0.15) is 58.8 Å². The van der Waals surface area contributed by atoms with Gasteiger partial charge in [0, 0.05) is 11.8 Å². The van der Waals surface area contributed by atoms with Crippen LogP contribution >= 0.6 is 11.8 Å². The van der Waals surface area contributed by atoms with E-state index in [4.69, 9.17) is 0 Å². The summed E-state index contributed by atoms with van der Waals surface area (Å²) in [6.45, 7) is 5.32. The molecule has 2 aliphatic rings. The van der Waals surface area contributed by atoms with Gasteiger partial charge in [-0.25, -0.2) is 0 Å². The van der Waals surface area contributed by atoms with E-state index >= 15 is 0 Å². The van der Waals surface area contributed by atoms with E-state index in [-0.39, 0.29) is 6.04 Å². The standard InChI is InChI=1S/C16H30N2OS/c1-4-5-10-14-16(19)18(11-12(2)20-3)15(17-14)13-8-6-7-9-13/h12-15,17H,4-11H2,1-3H3. The van der Waals surface area contributed by atoms with Gasteiger partial charge in [-0.3, -0.25) is 10.1 Å². The molecular weight excluding hydrogens is 268 g/mol. The molecule has 116 valence electrons. The summed E-state index contributed by atoms with van der Waals surface area (Å²) in [5, 5.41) is 4.19. The van der Waals surface area contributed by atoms with Crippen LogP contribution in [0, 0.1) is 5.92 Å². The molecule has 3 atom stereocenters. The van der Waals surface area contributed by atoms with Crippen LogP contribution in [0.25, 0.3) is 0 Å². The summed E-state index contributed by atoms with van der Waals surface area (Å²) in [6, 6.07) is 0.0783. The van der Waals surface area contributed by atoms with Gasteiger partial charge < -0.3 is 4.90 Å². The van der Waals surface area contributed by atoms with Gasteiger partial charge >= 0.3 is 0 Å². The maximum Gasteiger partial charge on any atom is 0.241 e. The molecule has 1 aliphatic carbocycles. The van der Waals surface area contributed by atoms with Gasteiger partial charge in [0.1, 0.15) is 0 Å². The van der Waals surface area contributed by atoms with Crippen molar-refractivity contribution in [2.45, 2.75) is 76.3 Å². The number of amides is 1. The maximum absolute atomic E-state index is 12.7. The second-order valence-electron chi connectivity index (χ2n) is 6.39. The number of thioether (sulfide) groups is 1. The first kappa shape index (κ1) is 16.2. The molecule has 0 aromatic carbocycles. The van der Waals surface area contributed by atoms with E-state index in [1.54, 1.807) is 0 Å². The van der Waals surface area contributed by atoms with Crippen molar-refractivity contribution in [3.8, 4) is 0 Å².